The van der Waals surface area contributed by atoms with Crippen molar-refractivity contribution in [1.29, 1.82) is 0 Å². The average Bonchev–Trinajstić information content (AvgIpc) is 2.40. The SMILES string of the molecule is CCC[Si](CCCOCC1(CC)COC1)(OC)OC. The van der Waals surface area contributed by atoms with Crippen molar-refractivity contribution in [3.05, 3.63) is 0 Å². The van der Waals surface area contributed by atoms with E-state index in [-0.39, 0.29) is 0 Å². The smallest absolute Gasteiger partial charge is 0.337 e. The van der Waals surface area contributed by atoms with Crippen LogP contribution in [-0.2, 0) is 18.3 Å². The highest BCUT2D eigenvalue weighted by atomic mass is 28.4. The van der Waals surface area contributed by atoms with E-state index in [1.807, 2.05) is 0 Å². The molecule has 1 saturated heterocycles. The lowest BCUT2D eigenvalue weighted by Gasteiger charge is -2.40. The molecule has 5 heteroatoms. The van der Waals surface area contributed by atoms with Gasteiger partial charge in [0.25, 0.3) is 0 Å². The second-order valence-electron chi connectivity index (χ2n) is 5.57. The third-order valence-corrected chi connectivity index (χ3v) is 8.06. The van der Waals surface area contributed by atoms with Crippen molar-refractivity contribution in [1.82, 2.24) is 0 Å². The lowest BCUT2D eigenvalue weighted by Crippen LogP contribution is -2.45. The normalized spacial score (nSPS) is 18.3. The number of hydrogen-bond acceptors (Lipinski definition) is 4. The summed E-state index contributed by atoms with van der Waals surface area (Å²) in [5.41, 5.74) is 0.292. The Kier molecular flexibility index (Phi) is 7.53. The Morgan fingerprint density at radius 3 is 2.21 bits per heavy atom. The zero-order valence-corrected chi connectivity index (χ0v) is 14.0. The molecule has 19 heavy (non-hydrogen) atoms. The molecule has 0 bridgehead atoms. The molecule has 0 unspecified atom stereocenters. The maximum Gasteiger partial charge on any atom is 0.337 e. The zero-order valence-electron chi connectivity index (χ0n) is 13.0. The van der Waals surface area contributed by atoms with Crippen LogP contribution in [0.2, 0.25) is 12.1 Å². The third kappa shape index (κ3) is 4.83. The predicted molar refractivity (Wildman–Crippen MR) is 78.7 cm³/mol. The van der Waals surface area contributed by atoms with E-state index in [4.69, 9.17) is 18.3 Å². The molecule has 0 aliphatic carbocycles. The summed E-state index contributed by atoms with van der Waals surface area (Å²) in [6, 6.07) is 2.08. The second-order valence-corrected chi connectivity index (χ2v) is 9.21. The van der Waals surface area contributed by atoms with E-state index in [0.717, 1.165) is 57.8 Å². The number of rotatable bonds is 11. The summed E-state index contributed by atoms with van der Waals surface area (Å²) < 4.78 is 22.5. The van der Waals surface area contributed by atoms with Gasteiger partial charge in [-0.3, -0.25) is 0 Å². The highest BCUT2D eigenvalue weighted by molar-refractivity contribution is 6.67. The summed E-state index contributed by atoms with van der Waals surface area (Å²) in [4.78, 5) is 0. The molecule has 0 atom stereocenters. The van der Waals surface area contributed by atoms with E-state index in [2.05, 4.69) is 13.8 Å². The van der Waals surface area contributed by atoms with E-state index < -0.39 is 8.56 Å². The van der Waals surface area contributed by atoms with Crippen LogP contribution >= 0.6 is 0 Å². The summed E-state index contributed by atoms with van der Waals surface area (Å²) in [5, 5.41) is 0. The summed E-state index contributed by atoms with van der Waals surface area (Å²) in [6.45, 7) is 7.72. The third-order valence-electron chi connectivity index (χ3n) is 4.20. The molecule has 0 aromatic rings. The van der Waals surface area contributed by atoms with Crippen LogP contribution in [-0.4, -0.2) is 49.2 Å². The molecule has 0 amide bonds. The Bertz CT molecular complexity index is 234. The minimum atomic E-state index is -1.95. The van der Waals surface area contributed by atoms with Crippen molar-refractivity contribution < 1.29 is 18.3 Å². The lowest BCUT2D eigenvalue weighted by molar-refractivity contribution is -0.150. The lowest BCUT2D eigenvalue weighted by atomic mass is 9.84. The van der Waals surface area contributed by atoms with Crippen LogP contribution in [0.15, 0.2) is 0 Å². The Hall–Kier alpha value is 0.0569. The van der Waals surface area contributed by atoms with Crippen molar-refractivity contribution in [3.63, 3.8) is 0 Å². The number of hydrogen-bond donors (Lipinski definition) is 0. The van der Waals surface area contributed by atoms with Crippen molar-refractivity contribution in [2.75, 3.05) is 40.6 Å². The second kappa shape index (κ2) is 8.37. The van der Waals surface area contributed by atoms with Gasteiger partial charge in [0.05, 0.1) is 19.8 Å². The molecular formula is C14H30O4Si. The van der Waals surface area contributed by atoms with E-state index in [1.54, 1.807) is 14.2 Å². The Labute approximate surface area is 119 Å². The Balaban J connectivity index is 2.18. The first kappa shape index (κ1) is 17.1. The first-order chi connectivity index (χ1) is 9.16. The standard InChI is InChI=1S/C14H30O4Si/c1-5-9-19(15-3,16-4)10-7-8-17-11-14(6-2)12-18-13-14/h5-13H2,1-4H3. The molecular weight excluding hydrogens is 260 g/mol. The van der Waals surface area contributed by atoms with Crippen LogP contribution in [0.4, 0.5) is 0 Å². The van der Waals surface area contributed by atoms with Gasteiger partial charge in [0.1, 0.15) is 0 Å². The topological polar surface area (TPSA) is 36.9 Å². The molecule has 1 heterocycles. The summed E-state index contributed by atoms with van der Waals surface area (Å²) >= 11 is 0. The molecule has 1 rings (SSSR count). The maximum absolute atomic E-state index is 5.83. The molecule has 0 spiro atoms. The highest BCUT2D eigenvalue weighted by Crippen LogP contribution is 2.31. The fraction of sp³-hybridized carbons (Fsp3) is 1.00. The summed E-state index contributed by atoms with van der Waals surface area (Å²) in [5.74, 6) is 0. The van der Waals surface area contributed by atoms with Crippen LogP contribution in [0.3, 0.4) is 0 Å². The maximum atomic E-state index is 5.83. The molecule has 1 fully saturated rings. The minimum absolute atomic E-state index is 0.292. The molecule has 0 N–H and O–H groups in total. The average molecular weight is 290 g/mol. The first-order valence-electron chi connectivity index (χ1n) is 7.41. The summed E-state index contributed by atoms with van der Waals surface area (Å²) in [6.07, 6.45) is 3.28. The van der Waals surface area contributed by atoms with Crippen LogP contribution in [0, 0.1) is 5.41 Å². The fourth-order valence-corrected chi connectivity index (χ4v) is 5.19. The van der Waals surface area contributed by atoms with Crippen molar-refractivity contribution in [2.24, 2.45) is 5.41 Å². The molecule has 114 valence electrons. The predicted octanol–water partition coefficient (Wildman–Crippen LogP) is 2.96. The molecule has 1 aliphatic heterocycles. The molecule has 1 aliphatic rings. The van der Waals surface area contributed by atoms with Crippen molar-refractivity contribution >= 4 is 8.56 Å². The van der Waals surface area contributed by atoms with Gasteiger partial charge in [0.2, 0.25) is 0 Å². The van der Waals surface area contributed by atoms with Crippen LogP contribution in [0.25, 0.3) is 0 Å². The van der Waals surface area contributed by atoms with E-state index in [0.29, 0.717) is 5.41 Å². The zero-order chi connectivity index (χ0) is 14.2. The largest absolute Gasteiger partial charge is 0.398 e. The van der Waals surface area contributed by atoms with E-state index >= 15 is 0 Å². The van der Waals surface area contributed by atoms with Crippen molar-refractivity contribution in [2.45, 2.75) is 45.2 Å². The minimum Gasteiger partial charge on any atom is -0.398 e. The van der Waals surface area contributed by atoms with Crippen LogP contribution < -0.4 is 0 Å². The van der Waals surface area contributed by atoms with Gasteiger partial charge in [-0.15, -0.1) is 0 Å². The summed E-state index contributed by atoms with van der Waals surface area (Å²) in [7, 11) is 1.62. The molecule has 0 saturated carbocycles. The molecule has 0 aromatic carbocycles. The van der Waals surface area contributed by atoms with Gasteiger partial charge in [-0.25, -0.2) is 0 Å². The molecule has 4 nitrogen and oxygen atoms in total. The first-order valence-corrected chi connectivity index (χ1v) is 9.65. The Morgan fingerprint density at radius 1 is 1.11 bits per heavy atom. The van der Waals surface area contributed by atoms with Gasteiger partial charge in [-0.05, 0) is 24.9 Å². The van der Waals surface area contributed by atoms with Crippen LogP contribution in [0.5, 0.6) is 0 Å². The van der Waals surface area contributed by atoms with E-state index in [9.17, 15) is 0 Å². The molecule has 0 radical (unpaired) electrons. The van der Waals surface area contributed by atoms with E-state index in [1.165, 1.54) is 0 Å². The van der Waals surface area contributed by atoms with Gasteiger partial charge >= 0.3 is 8.56 Å². The van der Waals surface area contributed by atoms with Gasteiger partial charge in [-0.1, -0.05) is 20.3 Å². The monoisotopic (exact) mass is 290 g/mol. The van der Waals surface area contributed by atoms with Crippen LogP contribution in [0.1, 0.15) is 33.1 Å². The highest BCUT2D eigenvalue weighted by Gasteiger charge is 2.37. The number of ether oxygens (including phenoxy) is 2. The Morgan fingerprint density at radius 2 is 1.79 bits per heavy atom. The van der Waals surface area contributed by atoms with Gasteiger partial charge in [-0.2, -0.15) is 0 Å². The molecule has 0 aromatic heterocycles. The van der Waals surface area contributed by atoms with Gasteiger partial charge < -0.3 is 18.3 Å². The van der Waals surface area contributed by atoms with Gasteiger partial charge in [0.15, 0.2) is 0 Å². The van der Waals surface area contributed by atoms with Gasteiger partial charge in [0, 0.05) is 26.2 Å². The quantitative estimate of drug-likeness (QED) is 0.433. The van der Waals surface area contributed by atoms with Crippen molar-refractivity contribution in [3.8, 4) is 0 Å². The fourth-order valence-electron chi connectivity index (χ4n) is 2.51.